The Labute approximate surface area is 153 Å². The van der Waals surface area contributed by atoms with Crippen molar-refractivity contribution in [1.29, 1.82) is 0 Å². The molecule has 0 bridgehead atoms. The van der Waals surface area contributed by atoms with Crippen LogP contribution in [0.4, 0.5) is 0 Å². The molecule has 25 heavy (non-hydrogen) atoms. The summed E-state index contributed by atoms with van der Waals surface area (Å²) in [6, 6.07) is 8.00. The van der Waals surface area contributed by atoms with Gasteiger partial charge in [0.15, 0.2) is 0 Å². The lowest BCUT2D eigenvalue weighted by atomic mass is 9.99. The molecule has 1 amide bonds. The molecule has 4 rings (SSSR count). The van der Waals surface area contributed by atoms with E-state index in [4.69, 9.17) is 11.6 Å². The van der Waals surface area contributed by atoms with E-state index in [1.807, 2.05) is 29.2 Å². The largest absolute Gasteiger partial charge is 0.339 e. The molecule has 0 aliphatic carbocycles. The van der Waals surface area contributed by atoms with E-state index >= 15 is 0 Å². The van der Waals surface area contributed by atoms with Crippen molar-refractivity contribution in [2.75, 3.05) is 26.2 Å². The van der Waals surface area contributed by atoms with Gasteiger partial charge in [-0.15, -0.1) is 0 Å². The molecular weight excluding hydrogens is 334 g/mol. The number of pyridine rings is 1. The lowest BCUT2D eigenvalue weighted by Gasteiger charge is -2.40. The Balaban J connectivity index is 1.48. The van der Waals surface area contributed by atoms with Gasteiger partial charge >= 0.3 is 0 Å². The van der Waals surface area contributed by atoms with Crippen LogP contribution in [0.5, 0.6) is 0 Å². The molecule has 2 aromatic rings. The van der Waals surface area contributed by atoms with Gasteiger partial charge < -0.3 is 9.80 Å². The molecular formula is C20H24ClN3O. The summed E-state index contributed by atoms with van der Waals surface area (Å²) in [5, 5.41) is 1.48. The van der Waals surface area contributed by atoms with Gasteiger partial charge in [0.2, 0.25) is 0 Å². The van der Waals surface area contributed by atoms with E-state index in [9.17, 15) is 4.79 Å². The van der Waals surface area contributed by atoms with E-state index in [0.29, 0.717) is 16.6 Å². The molecule has 3 heterocycles. The summed E-state index contributed by atoms with van der Waals surface area (Å²) in [6.45, 7) is 4.13. The molecule has 0 N–H and O–H groups in total. The first-order chi connectivity index (χ1) is 12.2. The molecule has 0 saturated carbocycles. The standard InChI is InChI=1S/C20H24ClN3O/c21-15-4-5-19-18(14-15)17(6-9-22-19)20(25)24-12-7-16(8-13-24)23-10-2-1-3-11-23/h4-6,9,14,16H,1-3,7-8,10-13H2. The zero-order valence-electron chi connectivity index (χ0n) is 14.5. The van der Waals surface area contributed by atoms with Crippen LogP contribution in [0.3, 0.4) is 0 Å². The van der Waals surface area contributed by atoms with E-state index in [1.165, 1.54) is 32.4 Å². The zero-order valence-corrected chi connectivity index (χ0v) is 15.2. The summed E-state index contributed by atoms with van der Waals surface area (Å²) in [7, 11) is 0. The van der Waals surface area contributed by atoms with E-state index in [2.05, 4.69) is 9.88 Å². The fourth-order valence-corrected chi connectivity index (χ4v) is 4.37. The number of aromatic nitrogens is 1. The SMILES string of the molecule is O=C(c1ccnc2ccc(Cl)cc12)N1CCC(N2CCCCC2)CC1. The van der Waals surface area contributed by atoms with Gasteiger partial charge in [-0.25, -0.2) is 0 Å². The predicted molar refractivity (Wildman–Crippen MR) is 101 cm³/mol. The van der Waals surface area contributed by atoms with Crippen molar-refractivity contribution in [3.05, 3.63) is 41.0 Å². The second-order valence-corrected chi connectivity index (χ2v) is 7.58. The third-order valence-electron chi connectivity index (χ3n) is 5.59. The molecule has 4 nitrogen and oxygen atoms in total. The Morgan fingerprint density at radius 3 is 2.56 bits per heavy atom. The van der Waals surface area contributed by atoms with Crippen molar-refractivity contribution < 1.29 is 4.79 Å². The van der Waals surface area contributed by atoms with Crippen LogP contribution in [0.25, 0.3) is 10.9 Å². The van der Waals surface area contributed by atoms with Crippen LogP contribution < -0.4 is 0 Å². The highest BCUT2D eigenvalue weighted by molar-refractivity contribution is 6.31. The maximum atomic E-state index is 13.0. The van der Waals surface area contributed by atoms with Gasteiger partial charge in [-0.2, -0.15) is 0 Å². The number of rotatable bonds is 2. The van der Waals surface area contributed by atoms with Crippen LogP contribution in [0.2, 0.25) is 5.02 Å². The lowest BCUT2D eigenvalue weighted by molar-refractivity contribution is 0.0591. The molecule has 1 aromatic carbocycles. The number of likely N-dealkylation sites (tertiary alicyclic amines) is 2. The van der Waals surface area contributed by atoms with Gasteiger partial charge in [-0.05, 0) is 63.0 Å². The van der Waals surface area contributed by atoms with E-state index in [-0.39, 0.29) is 5.91 Å². The first kappa shape index (κ1) is 16.8. The second-order valence-electron chi connectivity index (χ2n) is 7.14. The molecule has 5 heteroatoms. The molecule has 0 radical (unpaired) electrons. The number of nitrogens with zero attached hydrogens (tertiary/aromatic N) is 3. The third-order valence-corrected chi connectivity index (χ3v) is 5.83. The molecule has 2 fully saturated rings. The minimum Gasteiger partial charge on any atom is -0.339 e. The molecule has 1 aromatic heterocycles. The van der Waals surface area contributed by atoms with Gasteiger partial charge in [0.25, 0.3) is 5.91 Å². The number of hydrogen-bond donors (Lipinski definition) is 0. The highest BCUT2D eigenvalue weighted by atomic mass is 35.5. The number of amides is 1. The Bertz CT molecular complexity index is 765. The maximum Gasteiger partial charge on any atom is 0.254 e. The molecule has 2 aliphatic rings. The smallest absolute Gasteiger partial charge is 0.254 e. The van der Waals surface area contributed by atoms with Gasteiger partial charge in [0.1, 0.15) is 0 Å². The Hall–Kier alpha value is -1.65. The van der Waals surface area contributed by atoms with Crippen LogP contribution in [-0.2, 0) is 0 Å². The monoisotopic (exact) mass is 357 g/mol. The van der Waals surface area contributed by atoms with Crippen molar-refractivity contribution >= 4 is 28.4 Å². The highest BCUT2D eigenvalue weighted by Crippen LogP contribution is 2.25. The summed E-state index contributed by atoms with van der Waals surface area (Å²) in [5.74, 6) is 0.103. The summed E-state index contributed by atoms with van der Waals surface area (Å²) >= 11 is 6.13. The van der Waals surface area contributed by atoms with Crippen molar-refractivity contribution in [2.45, 2.75) is 38.1 Å². The topological polar surface area (TPSA) is 36.4 Å². The second kappa shape index (κ2) is 7.30. The summed E-state index contributed by atoms with van der Waals surface area (Å²) in [6.07, 6.45) is 7.88. The van der Waals surface area contributed by atoms with Gasteiger partial charge in [0.05, 0.1) is 11.1 Å². The number of fused-ring (bicyclic) bond motifs is 1. The zero-order chi connectivity index (χ0) is 17.2. The number of hydrogen-bond acceptors (Lipinski definition) is 3. The van der Waals surface area contributed by atoms with Crippen LogP contribution in [0.1, 0.15) is 42.5 Å². The Morgan fingerprint density at radius 2 is 1.80 bits per heavy atom. The molecule has 2 saturated heterocycles. The Morgan fingerprint density at radius 1 is 1.04 bits per heavy atom. The number of carbonyl (C=O) groups excluding carboxylic acids is 1. The average molecular weight is 358 g/mol. The summed E-state index contributed by atoms with van der Waals surface area (Å²) in [4.78, 5) is 22.0. The fraction of sp³-hybridized carbons (Fsp3) is 0.500. The minimum atomic E-state index is 0.103. The first-order valence-electron chi connectivity index (χ1n) is 9.30. The van der Waals surface area contributed by atoms with Crippen molar-refractivity contribution in [3.63, 3.8) is 0 Å². The third kappa shape index (κ3) is 3.51. The van der Waals surface area contributed by atoms with Crippen LogP contribution in [0.15, 0.2) is 30.5 Å². The number of benzene rings is 1. The normalized spacial score (nSPS) is 20.1. The first-order valence-corrected chi connectivity index (χ1v) is 9.68. The number of halogens is 1. The van der Waals surface area contributed by atoms with Crippen molar-refractivity contribution in [1.82, 2.24) is 14.8 Å². The Kier molecular flexibility index (Phi) is 4.91. The van der Waals surface area contributed by atoms with E-state index in [0.717, 1.165) is 36.8 Å². The van der Waals surface area contributed by atoms with Crippen molar-refractivity contribution in [2.24, 2.45) is 0 Å². The molecule has 0 atom stereocenters. The minimum absolute atomic E-state index is 0.103. The van der Waals surface area contributed by atoms with E-state index in [1.54, 1.807) is 6.20 Å². The molecule has 132 valence electrons. The van der Waals surface area contributed by atoms with Crippen molar-refractivity contribution in [3.8, 4) is 0 Å². The highest BCUT2D eigenvalue weighted by Gasteiger charge is 2.28. The molecule has 0 spiro atoms. The van der Waals surface area contributed by atoms with Gasteiger partial charge in [0, 0.05) is 35.7 Å². The van der Waals surface area contributed by atoms with Crippen LogP contribution in [-0.4, -0.2) is 52.9 Å². The predicted octanol–water partition coefficient (Wildman–Crippen LogP) is 3.98. The molecule has 0 unspecified atom stereocenters. The molecule has 2 aliphatic heterocycles. The van der Waals surface area contributed by atoms with E-state index < -0.39 is 0 Å². The number of piperidine rings is 2. The average Bonchev–Trinajstić information content (AvgIpc) is 2.68. The summed E-state index contributed by atoms with van der Waals surface area (Å²) in [5.41, 5.74) is 1.53. The van der Waals surface area contributed by atoms with Crippen LogP contribution in [0, 0.1) is 0 Å². The fourth-order valence-electron chi connectivity index (χ4n) is 4.19. The number of carbonyl (C=O) groups is 1. The maximum absolute atomic E-state index is 13.0. The van der Waals surface area contributed by atoms with Gasteiger partial charge in [-0.3, -0.25) is 9.78 Å². The quantitative estimate of drug-likeness (QED) is 0.815. The van der Waals surface area contributed by atoms with Crippen LogP contribution >= 0.6 is 11.6 Å². The lowest BCUT2D eigenvalue weighted by Crippen LogP contribution is -2.48. The summed E-state index contributed by atoms with van der Waals surface area (Å²) < 4.78 is 0. The van der Waals surface area contributed by atoms with Gasteiger partial charge in [-0.1, -0.05) is 18.0 Å².